The van der Waals surface area contributed by atoms with E-state index in [9.17, 15) is 0 Å². The van der Waals surface area contributed by atoms with Gasteiger partial charge in [0.05, 0.1) is 0 Å². The fourth-order valence-electron chi connectivity index (χ4n) is 1.89. The highest BCUT2D eigenvalue weighted by molar-refractivity contribution is 5.26. The highest BCUT2D eigenvalue weighted by Gasteiger charge is 2.12. The molecule has 1 fully saturated rings. The van der Waals surface area contributed by atoms with Gasteiger partial charge < -0.3 is 10.1 Å². The maximum Gasteiger partial charge on any atom is 0.127 e. The Labute approximate surface area is 91.6 Å². The van der Waals surface area contributed by atoms with E-state index in [0.29, 0.717) is 6.04 Å². The molecule has 2 heteroatoms. The molecular weight excluding hydrogens is 186 g/mol. The van der Waals surface area contributed by atoms with Crippen LogP contribution < -0.4 is 10.1 Å². The summed E-state index contributed by atoms with van der Waals surface area (Å²) in [5.74, 6) is 0.863. The van der Waals surface area contributed by atoms with Crippen LogP contribution >= 0.6 is 0 Å². The van der Waals surface area contributed by atoms with Gasteiger partial charge in [0, 0.05) is 12.1 Å². The number of aryl methyl sites for hydroxylation is 1. The van der Waals surface area contributed by atoms with Gasteiger partial charge in [0.15, 0.2) is 0 Å². The first-order valence-corrected chi connectivity index (χ1v) is 5.69. The molecule has 2 rings (SSSR count). The fourth-order valence-corrected chi connectivity index (χ4v) is 1.89. The van der Waals surface area contributed by atoms with Crippen LogP contribution in [0.2, 0.25) is 0 Å². The van der Waals surface area contributed by atoms with Gasteiger partial charge in [-0.05, 0) is 37.9 Å². The Balaban J connectivity index is 1.81. The summed E-state index contributed by atoms with van der Waals surface area (Å²) in [5, 5.41) is 3.47. The van der Waals surface area contributed by atoms with Crippen LogP contribution in [0.5, 0.6) is 5.75 Å². The maximum absolute atomic E-state index is 5.71. The quantitative estimate of drug-likeness (QED) is 0.815. The van der Waals surface area contributed by atoms with Crippen LogP contribution in [-0.4, -0.2) is 19.2 Å². The van der Waals surface area contributed by atoms with E-state index in [1.165, 1.54) is 24.8 Å². The van der Waals surface area contributed by atoms with Crippen molar-refractivity contribution in [3.63, 3.8) is 0 Å². The molecule has 0 amide bonds. The lowest BCUT2D eigenvalue weighted by Gasteiger charge is -2.23. The molecule has 0 spiro atoms. The molecule has 1 N–H and O–H groups in total. The SMILES string of the molecule is Cc1cc[c]c(OCC2CCCCN2)c1. The number of benzene rings is 1. The van der Waals surface area contributed by atoms with Crippen LogP contribution in [0, 0.1) is 13.0 Å². The highest BCUT2D eigenvalue weighted by atomic mass is 16.5. The van der Waals surface area contributed by atoms with Gasteiger partial charge in [-0.2, -0.15) is 0 Å². The average Bonchev–Trinajstić information content (AvgIpc) is 2.28. The van der Waals surface area contributed by atoms with E-state index in [1.54, 1.807) is 0 Å². The molecule has 1 aromatic carbocycles. The third-order valence-corrected chi connectivity index (χ3v) is 2.78. The molecule has 15 heavy (non-hydrogen) atoms. The van der Waals surface area contributed by atoms with Crippen molar-refractivity contribution in [1.29, 1.82) is 0 Å². The van der Waals surface area contributed by atoms with E-state index in [1.807, 2.05) is 18.2 Å². The lowest BCUT2D eigenvalue weighted by atomic mass is 10.1. The van der Waals surface area contributed by atoms with Gasteiger partial charge >= 0.3 is 0 Å². The maximum atomic E-state index is 5.71. The van der Waals surface area contributed by atoms with Gasteiger partial charge in [0.1, 0.15) is 12.4 Å². The molecule has 1 aliphatic rings. The predicted octanol–water partition coefficient (Wildman–Crippen LogP) is 2.32. The first-order valence-electron chi connectivity index (χ1n) is 5.69. The third-order valence-electron chi connectivity index (χ3n) is 2.78. The molecule has 1 aliphatic heterocycles. The standard InChI is InChI=1S/C13H18NO/c1-11-5-4-7-13(9-11)15-10-12-6-2-3-8-14-12/h4-5,9,12,14H,2-3,6,8,10H2,1H3. The molecule has 81 valence electrons. The Kier molecular flexibility index (Phi) is 3.62. The van der Waals surface area contributed by atoms with Gasteiger partial charge in [-0.25, -0.2) is 0 Å². The zero-order valence-electron chi connectivity index (χ0n) is 9.25. The minimum atomic E-state index is 0.521. The normalized spacial score (nSPS) is 21.3. The Morgan fingerprint density at radius 2 is 2.47 bits per heavy atom. The van der Waals surface area contributed by atoms with Crippen molar-refractivity contribution in [3.05, 3.63) is 29.8 Å². The molecule has 0 bridgehead atoms. The Morgan fingerprint density at radius 3 is 3.20 bits per heavy atom. The van der Waals surface area contributed by atoms with Gasteiger partial charge in [0.2, 0.25) is 0 Å². The van der Waals surface area contributed by atoms with E-state index in [2.05, 4.69) is 18.3 Å². The Bertz CT molecular complexity index is 305. The van der Waals surface area contributed by atoms with Crippen molar-refractivity contribution in [1.82, 2.24) is 5.32 Å². The Morgan fingerprint density at radius 1 is 1.53 bits per heavy atom. The van der Waals surface area contributed by atoms with E-state index in [0.717, 1.165) is 18.9 Å². The number of rotatable bonds is 3. The second kappa shape index (κ2) is 5.17. The van der Waals surface area contributed by atoms with E-state index < -0.39 is 0 Å². The summed E-state index contributed by atoms with van der Waals surface area (Å²) in [4.78, 5) is 0. The number of nitrogens with one attached hydrogen (secondary N) is 1. The van der Waals surface area contributed by atoms with Crippen LogP contribution in [-0.2, 0) is 0 Å². The lowest BCUT2D eigenvalue weighted by molar-refractivity contribution is 0.238. The van der Waals surface area contributed by atoms with Crippen molar-refractivity contribution in [2.24, 2.45) is 0 Å². The fraction of sp³-hybridized carbons (Fsp3) is 0.538. The van der Waals surface area contributed by atoms with Crippen molar-refractivity contribution in [2.45, 2.75) is 32.2 Å². The molecule has 1 saturated heterocycles. The summed E-state index contributed by atoms with van der Waals surface area (Å²) < 4.78 is 5.71. The summed E-state index contributed by atoms with van der Waals surface area (Å²) >= 11 is 0. The summed E-state index contributed by atoms with van der Waals surface area (Å²) in [6.07, 6.45) is 3.84. The second-order valence-corrected chi connectivity index (χ2v) is 4.19. The van der Waals surface area contributed by atoms with Crippen molar-refractivity contribution >= 4 is 0 Å². The predicted molar refractivity (Wildman–Crippen MR) is 61.2 cm³/mol. The number of hydrogen-bond donors (Lipinski definition) is 1. The summed E-state index contributed by atoms with van der Waals surface area (Å²) in [7, 11) is 0. The number of hydrogen-bond acceptors (Lipinski definition) is 2. The molecule has 1 aromatic rings. The molecular formula is C13H18NO. The molecule has 1 unspecified atom stereocenters. The second-order valence-electron chi connectivity index (χ2n) is 4.19. The van der Waals surface area contributed by atoms with Crippen LogP contribution in [0.3, 0.4) is 0 Å². The largest absolute Gasteiger partial charge is 0.491 e. The molecule has 0 aromatic heterocycles. The third kappa shape index (κ3) is 3.24. The zero-order chi connectivity index (χ0) is 10.5. The van der Waals surface area contributed by atoms with E-state index >= 15 is 0 Å². The summed E-state index contributed by atoms with van der Waals surface area (Å²) in [6, 6.07) is 9.60. The van der Waals surface area contributed by atoms with Gasteiger partial charge in [-0.1, -0.05) is 18.6 Å². The van der Waals surface area contributed by atoms with Crippen molar-refractivity contribution in [3.8, 4) is 5.75 Å². The van der Waals surface area contributed by atoms with Crippen LogP contribution in [0.15, 0.2) is 18.2 Å². The summed E-state index contributed by atoms with van der Waals surface area (Å²) in [6.45, 7) is 3.96. The topological polar surface area (TPSA) is 21.3 Å². The monoisotopic (exact) mass is 204 g/mol. The van der Waals surface area contributed by atoms with Crippen LogP contribution in [0.25, 0.3) is 0 Å². The van der Waals surface area contributed by atoms with Crippen LogP contribution in [0.4, 0.5) is 0 Å². The average molecular weight is 204 g/mol. The zero-order valence-corrected chi connectivity index (χ0v) is 9.25. The molecule has 0 aliphatic carbocycles. The molecule has 0 saturated carbocycles. The molecule has 1 atom stereocenters. The smallest absolute Gasteiger partial charge is 0.127 e. The minimum Gasteiger partial charge on any atom is -0.491 e. The molecule has 1 heterocycles. The number of ether oxygens (including phenoxy) is 1. The highest BCUT2D eigenvalue weighted by Crippen LogP contribution is 2.13. The lowest BCUT2D eigenvalue weighted by Crippen LogP contribution is -2.38. The minimum absolute atomic E-state index is 0.521. The first-order chi connectivity index (χ1) is 7.34. The first kappa shape index (κ1) is 10.5. The van der Waals surface area contributed by atoms with Gasteiger partial charge in [0.25, 0.3) is 0 Å². The van der Waals surface area contributed by atoms with Gasteiger partial charge in [-0.3, -0.25) is 0 Å². The van der Waals surface area contributed by atoms with E-state index in [4.69, 9.17) is 4.74 Å². The summed E-state index contributed by atoms with van der Waals surface area (Å²) in [5.41, 5.74) is 1.22. The van der Waals surface area contributed by atoms with Crippen LogP contribution in [0.1, 0.15) is 24.8 Å². The van der Waals surface area contributed by atoms with Crippen molar-refractivity contribution < 1.29 is 4.74 Å². The van der Waals surface area contributed by atoms with Gasteiger partial charge in [-0.15, -0.1) is 0 Å². The number of piperidine rings is 1. The van der Waals surface area contributed by atoms with E-state index in [-0.39, 0.29) is 0 Å². The molecule has 2 nitrogen and oxygen atoms in total. The Hall–Kier alpha value is -1.02. The van der Waals surface area contributed by atoms with Crippen molar-refractivity contribution in [2.75, 3.05) is 13.2 Å². The molecule has 1 radical (unpaired) electrons.